The van der Waals surface area contributed by atoms with Crippen LogP contribution >= 0.6 is 0 Å². The molecule has 122 valence electrons. The fraction of sp³-hybridized carbons (Fsp3) is 0.333. The lowest BCUT2D eigenvalue weighted by Gasteiger charge is -2.29. The zero-order chi connectivity index (χ0) is 16.7. The molecule has 0 unspecified atom stereocenters. The fourth-order valence-electron chi connectivity index (χ4n) is 2.26. The van der Waals surface area contributed by atoms with Gasteiger partial charge in [0.25, 0.3) is 0 Å². The number of hydrogen-bond acceptors (Lipinski definition) is 3. The summed E-state index contributed by atoms with van der Waals surface area (Å²) in [4.78, 5) is 18.1. The molecule has 1 heterocycles. The summed E-state index contributed by atoms with van der Waals surface area (Å²) in [5, 5.41) is 12.9. The zero-order valence-electron chi connectivity index (χ0n) is 13.6. The van der Waals surface area contributed by atoms with Crippen LogP contribution in [-0.4, -0.2) is 33.2 Å². The van der Waals surface area contributed by atoms with E-state index in [0.717, 1.165) is 11.1 Å². The molecule has 0 atom stereocenters. The van der Waals surface area contributed by atoms with E-state index in [0.29, 0.717) is 13.1 Å². The third kappa shape index (κ3) is 6.08. The van der Waals surface area contributed by atoms with Crippen LogP contribution in [0.1, 0.15) is 25.0 Å². The number of aliphatic hydroxyl groups is 1. The molecule has 2 amide bonds. The number of rotatable bonds is 6. The Bertz CT molecular complexity index is 609. The Morgan fingerprint density at radius 3 is 2.48 bits per heavy atom. The van der Waals surface area contributed by atoms with Gasteiger partial charge in [-0.3, -0.25) is 4.98 Å². The van der Waals surface area contributed by atoms with Gasteiger partial charge in [-0.1, -0.05) is 36.4 Å². The minimum absolute atomic E-state index is 0.208. The second-order valence-corrected chi connectivity index (χ2v) is 6.17. The van der Waals surface area contributed by atoms with Gasteiger partial charge in [-0.05, 0) is 31.0 Å². The highest BCUT2D eigenvalue weighted by Crippen LogP contribution is 2.11. The number of pyridine rings is 1. The highest BCUT2D eigenvalue weighted by molar-refractivity contribution is 5.74. The largest absolute Gasteiger partial charge is 0.389 e. The zero-order valence-corrected chi connectivity index (χ0v) is 13.6. The quantitative estimate of drug-likeness (QED) is 0.861. The van der Waals surface area contributed by atoms with E-state index in [-0.39, 0.29) is 12.6 Å². The molecule has 0 fully saturated rings. The van der Waals surface area contributed by atoms with Gasteiger partial charge in [-0.25, -0.2) is 4.79 Å². The summed E-state index contributed by atoms with van der Waals surface area (Å²) in [6.45, 7) is 4.49. The lowest BCUT2D eigenvalue weighted by atomic mass is 10.1. The first kappa shape index (κ1) is 17.0. The maximum absolute atomic E-state index is 12.5. The number of amides is 2. The number of nitrogens with one attached hydrogen (secondary N) is 1. The molecule has 2 rings (SSSR count). The van der Waals surface area contributed by atoms with Crippen molar-refractivity contribution >= 4 is 6.03 Å². The molecule has 0 radical (unpaired) electrons. The van der Waals surface area contributed by atoms with Gasteiger partial charge in [0.15, 0.2) is 0 Å². The maximum Gasteiger partial charge on any atom is 0.318 e. The molecule has 23 heavy (non-hydrogen) atoms. The molecule has 1 aromatic heterocycles. The van der Waals surface area contributed by atoms with Gasteiger partial charge in [-0.2, -0.15) is 0 Å². The summed E-state index contributed by atoms with van der Waals surface area (Å²) in [7, 11) is 0. The van der Waals surface area contributed by atoms with Crippen LogP contribution in [0.4, 0.5) is 4.79 Å². The van der Waals surface area contributed by atoms with Crippen molar-refractivity contribution in [2.45, 2.75) is 32.5 Å². The molecule has 1 aromatic carbocycles. The van der Waals surface area contributed by atoms with Crippen molar-refractivity contribution in [3.63, 3.8) is 0 Å². The molecule has 0 saturated heterocycles. The molecular formula is C18H23N3O2. The van der Waals surface area contributed by atoms with Crippen LogP contribution < -0.4 is 5.32 Å². The Labute approximate surface area is 137 Å². The smallest absolute Gasteiger partial charge is 0.318 e. The molecule has 0 aliphatic carbocycles. The molecule has 2 N–H and O–H groups in total. The number of benzene rings is 1. The number of nitrogens with zero attached hydrogens (tertiary/aromatic N) is 2. The first-order valence-corrected chi connectivity index (χ1v) is 7.62. The first-order valence-electron chi connectivity index (χ1n) is 7.62. The highest BCUT2D eigenvalue weighted by Gasteiger charge is 2.22. The molecule has 5 nitrogen and oxygen atoms in total. The summed E-state index contributed by atoms with van der Waals surface area (Å²) in [6.07, 6.45) is 3.42. The second kappa shape index (κ2) is 7.74. The van der Waals surface area contributed by atoms with Gasteiger partial charge in [0.05, 0.1) is 12.1 Å². The topological polar surface area (TPSA) is 65.5 Å². The van der Waals surface area contributed by atoms with Crippen molar-refractivity contribution in [3.05, 3.63) is 66.0 Å². The molecule has 0 aliphatic rings. The van der Waals surface area contributed by atoms with Crippen molar-refractivity contribution in [3.8, 4) is 0 Å². The summed E-state index contributed by atoms with van der Waals surface area (Å²) in [5.41, 5.74) is 0.998. The number of carbonyl (C=O) groups excluding carboxylic acids is 1. The lowest BCUT2D eigenvalue weighted by molar-refractivity contribution is 0.0446. The van der Waals surface area contributed by atoms with Crippen LogP contribution in [0.2, 0.25) is 0 Å². The van der Waals surface area contributed by atoms with Crippen LogP contribution in [0, 0.1) is 0 Å². The first-order chi connectivity index (χ1) is 10.9. The average Bonchev–Trinajstić information content (AvgIpc) is 2.53. The minimum Gasteiger partial charge on any atom is -0.389 e. The number of aromatic nitrogens is 1. The van der Waals surface area contributed by atoms with Gasteiger partial charge < -0.3 is 15.3 Å². The van der Waals surface area contributed by atoms with Crippen molar-refractivity contribution < 1.29 is 9.90 Å². The standard InChI is InChI=1S/C18H23N3O2/c1-18(2,23)14-21(13-15-7-4-3-5-8-15)17(22)20-12-16-9-6-10-19-11-16/h3-11,23H,12-14H2,1-2H3,(H,20,22). The van der Waals surface area contributed by atoms with E-state index < -0.39 is 5.60 Å². The summed E-state index contributed by atoms with van der Waals surface area (Å²) >= 11 is 0. The van der Waals surface area contributed by atoms with E-state index in [1.807, 2.05) is 42.5 Å². The average molecular weight is 313 g/mol. The normalized spacial score (nSPS) is 11.1. The van der Waals surface area contributed by atoms with Crippen LogP contribution in [-0.2, 0) is 13.1 Å². The van der Waals surface area contributed by atoms with Crippen molar-refractivity contribution in [2.75, 3.05) is 6.54 Å². The summed E-state index contributed by atoms with van der Waals surface area (Å²) < 4.78 is 0. The van der Waals surface area contributed by atoms with Crippen LogP contribution in [0.5, 0.6) is 0 Å². The Balaban J connectivity index is 2.02. The van der Waals surface area contributed by atoms with Crippen molar-refractivity contribution in [1.82, 2.24) is 15.2 Å². The Morgan fingerprint density at radius 2 is 1.87 bits per heavy atom. The predicted molar refractivity (Wildman–Crippen MR) is 89.6 cm³/mol. The predicted octanol–water partition coefficient (Wildman–Crippen LogP) is 2.56. The van der Waals surface area contributed by atoms with E-state index in [1.54, 1.807) is 31.1 Å². The van der Waals surface area contributed by atoms with Crippen molar-refractivity contribution in [1.29, 1.82) is 0 Å². The van der Waals surface area contributed by atoms with Crippen LogP contribution in [0.15, 0.2) is 54.9 Å². The molecule has 5 heteroatoms. The van der Waals surface area contributed by atoms with E-state index in [2.05, 4.69) is 10.3 Å². The van der Waals surface area contributed by atoms with Gasteiger partial charge >= 0.3 is 6.03 Å². The minimum atomic E-state index is -0.958. The maximum atomic E-state index is 12.5. The Morgan fingerprint density at radius 1 is 1.17 bits per heavy atom. The lowest BCUT2D eigenvalue weighted by Crippen LogP contribution is -2.46. The van der Waals surface area contributed by atoms with E-state index in [9.17, 15) is 9.90 Å². The Hall–Kier alpha value is -2.40. The third-order valence-electron chi connectivity index (χ3n) is 3.25. The van der Waals surface area contributed by atoms with Gasteiger partial charge in [0.1, 0.15) is 0 Å². The van der Waals surface area contributed by atoms with E-state index in [4.69, 9.17) is 0 Å². The van der Waals surface area contributed by atoms with Crippen LogP contribution in [0.25, 0.3) is 0 Å². The summed E-state index contributed by atoms with van der Waals surface area (Å²) in [5.74, 6) is 0. The Kier molecular flexibility index (Phi) is 5.71. The number of hydrogen-bond donors (Lipinski definition) is 2. The van der Waals surface area contributed by atoms with Gasteiger partial charge in [0, 0.05) is 25.5 Å². The third-order valence-corrected chi connectivity index (χ3v) is 3.25. The molecule has 0 bridgehead atoms. The van der Waals surface area contributed by atoms with Gasteiger partial charge in [0.2, 0.25) is 0 Å². The SMILES string of the molecule is CC(C)(O)CN(Cc1ccccc1)C(=O)NCc1cccnc1. The fourth-order valence-corrected chi connectivity index (χ4v) is 2.26. The van der Waals surface area contributed by atoms with Crippen molar-refractivity contribution in [2.24, 2.45) is 0 Å². The number of urea groups is 1. The van der Waals surface area contributed by atoms with E-state index in [1.165, 1.54) is 0 Å². The second-order valence-electron chi connectivity index (χ2n) is 6.17. The molecule has 2 aromatic rings. The van der Waals surface area contributed by atoms with Gasteiger partial charge in [-0.15, -0.1) is 0 Å². The summed E-state index contributed by atoms with van der Waals surface area (Å²) in [6, 6.07) is 13.3. The van der Waals surface area contributed by atoms with Crippen LogP contribution in [0.3, 0.4) is 0 Å². The molecule has 0 saturated carbocycles. The molecule has 0 spiro atoms. The number of carbonyl (C=O) groups is 1. The highest BCUT2D eigenvalue weighted by atomic mass is 16.3. The van der Waals surface area contributed by atoms with E-state index >= 15 is 0 Å². The molecular weight excluding hydrogens is 290 g/mol. The molecule has 0 aliphatic heterocycles. The monoisotopic (exact) mass is 313 g/mol.